The number of carbonyl (C=O) groups is 1. The van der Waals surface area contributed by atoms with Crippen molar-refractivity contribution in [1.82, 2.24) is 9.80 Å². The molecule has 0 N–H and O–H groups in total. The zero-order chi connectivity index (χ0) is 18.1. The molecule has 3 fully saturated rings. The average molecular weight is 423 g/mol. The third-order valence-electron chi connectivity index (χ3n) is 6.17. The van der Waals surface area contributed by atoms with Crippen LogP contribution in [0.3, 0.4) is 0 Å². The van der Waals surface area contributed by atoms with E-state index in [9.17, 15) is 4.79 Å². The quantitative estimate of drug-likeness (QED) is 0.750. The zero-order valence-electron chi connectivity index (χ0n) is 15.3. The summed E-state index contributed by atoms with van der Waals surface area (Å²) in [6, 6.07) is 7.98. The third kappa shape index (κ3) is 3.33. The Hall–Kier alpha value is -0.950. The van der Waals surface area contributed by atoms with Gasteiger partial charge in [-0.3, -0.25) is 9.69 Å². The van der Waals surface area contributed by atoms with E-state index in [-0.39, 0.29) is 17.6 Å². The highest BCUT2D eigenvalue weighted by Crippen LogP contribution is 2.42. The summed E-state index contributed by atoms with van der Waals surface area (Å²) in [5.41, 5.74) is 0.348. The van der Waals surface area contributed by atoms with Crippen LogP contribution in [0, 0.1) is 0 Å². The highest BCUT2D eigenvalue weighted by atomic mass is 79.9. The molecule has 0 bridgehead atoms. The molecule has 4 rings (SSSR count). The molecule has 0 aromatic heterocycles. The summed E-state index contributed by atoms with van der Waals surface area (Å²) < 4.78 is 13.1. The third-order valence-corrected chi connectivity index (χ3v) is 6.70. The maximum Gasteiger partial charge on any atom is 0.254 e. The van der Waals surface area contributed by atoms with Gasteiger partial charge in [-0.25, -0.2) is 0 Å². The van der Waals surface area contributed by atoms with E-state index < -0.39 is 0 Å². The molecule has 26 heavy (non-hydrogen) atoms. The number of hydrogen-bond acceptors (Lipinski definition) is 4. The molecule has 6 heteroatoms. The predicted molar refractivity (Wildman–Crippen MR) is 103 cm³/mol. The van der Waals surface area contributed by atoms with Crippen LogP contribution in [0.15, 0.2) is 28.7 Å². The number of ether oxygens (including phenoxy) is 2. The van der Waals surface area contributed by atoms with Crippen LogP contribution >= 0.6 is 15.9 Å². The highest BCUT2D eigenvalue weighted by molar-refractivity contribution is 9.10. The van der Waals surface area contributed by atoms with Crippen molar-refractivity contribution >= 4 is 21.8 Å². The van der Waals surface area contributed by atoms with Gasteiger partial charge in [0.25, 0.3) is 5.91 Å². The van der Waals surface area contributed by atoms with Gasteiger partial charge in [0.2, 0.25) is 0 Å². The lowest BCUT2D eigenvalue weighted by Crippen LogP contribution is -2.62. The molecule has 1 amide bonds. The van der Waals surface area contributed by atoms with Gasteiger partial charge in [-0.05, 0) is 63.0 Å². The molecule has 2 heterocycles. The van der Waals surface area contributed by atoms with Crippen LogP contribution in [-0.4, -0.2) is 73.3 Å². The summed E-state index contributed by atoms with van der Waals surface area (Å²) in [4.78, 5) is 17.7. The van der Waals surface area contributed by atoms with Crippen molar-refractivity contribution in [1.29, 1.82) is 0 Å². The van der Waals surface area contributed by atoms with E-state index in [1.54, 1.807) is 0 Å². The number of rotatable bonds is 3. The Morgan fingerprint density at radius 3 is 2.62 bits per heavy atom. The van der Waals surface area contributed by atoms with E-state index in [1.165, 1.54) is 12.8 Å². The summed E-state index contributed by atoms with van der Waals surface area (Å²) >= 11 is 3.44. The smallest absolute Gasteiger partial charge is 0.254 e. The molecule has 3 unspecified atom stereocenters. The van der Waals surface area contributed by atoms with Crippen LogP contribution in [0.1, 0.15) is 36.0 Å². The Bertz CT molecular complexity index is 639. The first kappa shape index (κ1) is 18.4. The van der Waals surface area contributed by atoms with Crippen molar-refractivity contribution in [3.05, 3.63) is 34.3 Å². The normalized spacial score (nSPS) is 32.2. The van der Waals surface area contributed by atoms with Gasteiger partial charge in [-0.15, -0.1) is 0 Å². The second-order valence-corrected chi connectivity index (χ2v) is 8.60. The van der Waals surface area contributed by atoms with E-state index in [0.29, 0.717) is 25.9 Å². The molecule has 1 saturated carbocycles. The monoisotopic (exact) mass is 422 g/mol. The predicted octanol–water partition coefficient (Wildman–Crippen LogP) is 2.93. The van der Waals surface area contributed by atoms with Crippen LogP contribution < -0.4 is 0 Å². The van der Waals surface area contributed by atoms with Crippen molar-refractivity contribution in [2.45, 2.75) is 43.4 Å². The van der Waals surface area contributed by atoms with E-state index in [1.807, 2.05) is 36.2 Å². The van der Waals surface area contributed by atoms with Gasteiger partial charge in [0.05, 0.1) is 25.9 Å². The summed E-state index contributed by atoms with van der Waals surface area (Å²) in [6.45, 7) is 4.09. The molecular formula is C20H27BrN2O3. The van der Waals surface area contributed by atoms with Gasteiger partial charge in [0.15, 0.2) is 0 Å². The molecule has 1 aliphatic carbocycles. The fraction of sp³-hybridized carbons (Fsp3) is 0.650. The minimum absolute atomic E-state index is 0.0250. The number of likely N-dealkylation sites (tertiary alicyclic amines) is 1. The first-order chi connectivity index (χ1) is 12.6. The Kier molecular flexibility index (Phi) is 5.37. The van der Waals surface area contributed by atoms with Gasteiger partial charge in [-0.2, -0.15) is 0 Å². The largest absolute Gasteiger partial charge is 0.376 e. The fourth-order valence-electron chi connectivity index (χ4n) is 4.94. The lowest BCUT2D eigenvalue weighted by molar-refractivity contribution is -0.177. The van der Waals surface area contributed by atoms with Crippen LogP contribution in [-0.2, 0) is 9.47 Å². The molecular weight excluding hydrogens is 396 g/mol. The van der Waals surface area contributed by atoms with Gasteiger partial charge < -0.3 is 14.4 Å². The molecule has 0 radical (unpaired) electrons. The topological polar surface area (TPSA) is 42.0 Å². The SMILES string of the molecule is CN(C(=O)c1ccc(Br)cc1)C1C(N2CCCC2)CCC12COCCO2. The molecule has 1 aromatic carbocycles. The lowest BCUT2D eigenvalue weighted by Gasteiger charge is -2.45. The Balaban J connectivity index is 1.62. The van der Waals surface area contributed by atoms with E-state index in [2.05, 4.69) is 20.8 Å². The van der Waals surface area contributed by atoms with Gasteiger partial charge in [0, 0.05) is 23.1 Å². The van der Waals surface area contributed by atoms with Crippen molar-refractivity contribution in [3.8, 4) is 0 Å². The first-order valence-electron chi connectivity index (χ1n) is 9.59. The van der Waals surface area contributed by atoms with Gasteiger partial charge in [0.1, 0.15) is 5.60 Å². The first-order valence-corrected chi connectivity index (χ1v) is 10.4. The van der Waals surface area contributed by atoms with Crippen molar-refractivity contribution in [3.63, 3.8) is 0 Å². The van der Waals surface area contributed by atoms with Crippen LogP contribution in [0.4, 0.5) is 0 Å². The van der Waals surface area contributed by atoms with Crippen molar-refractivity contribution in [2.75, 3.05) is 40.0 Å². The molecule has 3 aliphatic rings. The molecule has 2 aliphatic heterocycles. The highest BCUT2D eigenvalue weighted by Gasteiger charge is 2.55. The van der Waals surface area contributed by atoms with E-state index in [4.69, 9.17) is 9.47 Å². The fourth-order valence-corrected chi connectivity index (χ4v) is 5.21. The molecule has 1 aromatic rings. The molecule has 1 spiro atoms. The van der Waals surface area contributed by atoms with Crippen LogP contribution in [0.2, 0.25) is 0 Å². The second kappa shape index (κ2) is 7.58. The van der Waals surface area contributed by atoms with Gasteiger partial charge in [-0.1, -0.05) is 15.9 Å². The minimum atomic E-state index is -0.370. The van der Waals surface area contributed by atoms with E-state index >= 15 is 0 Å². The number of hydrogen-bond donors (Lipinski definition) is 0. The second-order valence-electron chi connectivity index (χ2n) is 7.68. The average Bonchev–Trinajstić information content (AvgIpc) is 3.30. The lowest BCUT2D eigenvalue weighted by atomic mass is 9.93. The number of halogens is 1. The van der Waals surface area contributed by atoms with Crippen molar-refractivity contribution < 1.29 is 14.3 Å². The number of carbonyl (C=O) groups excluding carboxylic acids is 1. The summed E-state index contributed by atoms with van der Waals surface area (Å²) in [5, 5.41) is 0. The minimum Gasteiger partial charge on any atom is -0.376 e. The number of benzene rings is 1. The molecule has 5 nitrogen and oxygen atoms in total. The standard InChI is InChI=1S/C20H27BrN2O3/c1-22(19(24)15-4-6-16(21)7-5-15)18-17(23-10-2-3-11-23)8-9-20(18)14-25-12-13-26-20/h4-7,17-18H,2-3,8-14H2,1H3. The van der Waals surface area contributed by atoms with Crippen LogP contribution in [0.5, 0.6) is 0 Å². The van der Waals surface area contributed by atoms with Gasteiger partial charge >= 0.3 is 0 Å². The summed E-state index contributed by atoms with van der Waals surface area (Å²) in [6.07, 6.45) is 4.51. The molecule has 3 atom stereocenters. The van der Waals surface area contributed by atoms with Crippen LogP contribution in [0.25, 0.3) is 0 Å². The Morgan fingerprint density at radius 1 is 1.23 bits per heavy atom. The number of amides is 1. The zero-order valence-corrected chi connectivity index (χ0v) is 16.9. The number of nitrogens with zero attached hydrogens (tertiary/aromatic N) is 2. The maximum atomic E-state index is 13.2. The van der Waals surface area contributed by atoms with E-state index in [0.717, 1.165) is 36.0 Å². The Labute approximate surface area is 163 Å². The summed E-state index contributed by atoms with van der Waals surface area (Å²) in [5.74, 6) is 0.0575. The summed E-state index contributed by atoms with van der Waals surface area (Å²) in [7, 11) is 1.93. The molecule has 142 valence electrons. The maximum absolute atomic E-state index is 13.2. The molecule has 2 saturated heterocycles. The van der Waals surface area contributed by atoms with Crippen molar-refractivity contribution in [2.24, 2.45) is 0 Å². The number of likely N-dealkylation sites (N-methyl/N-ethyl adjacent to an activating group) is 1. The Morgan fingerprint density at radius 2 is 1.96 bits per heavy atom.